The second-order valence-corrected chi connectivity index (χ2v) is 7.42. The molecule has 7 heteroatoms. The summed E-state index contributed by atoms with van der Waals surface area (Å²) < 4.78 is 21.2. The molecule has 1 aliphatic rings. The van der Waals surface area contributed by atoms with Gasteiger partial charge in [-0.2, -0.15) is 5.10 Å². The van der Waals surface area contributed by atoms with Crippen LogP contribution in [0.15, 0.2) is 48.8 Å². The van der Waals surface area contributed by atoms with Crippen LogP contribution in [-0.2, 0) is 24.1 Å². The fraction of sp³-hybridized carbons (Fsp3) is 0.348. The van der Waals surface area contributed by atoms with Crippen LogP contribution in [0.3, 0.4) is 0 Å². The van der Waals surface area contributed by atoms with E-state index in [-0.39, 0.29) is 11.7 Å². The molecule has 0 bridgehead atoms. The van der Waals surface area contributed by atoms with Crippen LogP contribution in [0.1, 0.15) is 40.2 Å². The number of hydrogen-bond donors (Lipinski definition) is 0. The standard InChI is InChI=1S/C23H25FN4O2/c1-30-15-5-14-27(16-17-10-12-25-13-11-17)23(29)22-18-6-4-9-20(18)28(26-22)21-8-3-2-7-19(21)24/h2-3,7-8,10-13H,4-6,9,14-16H2,1H3. The number of para-hydroxylation sites is 1. The molecular weight excluding hydrogens is 383 g/mol. The number of carbonyl (C=O) groups excluding carboxylic acids is 1. The Bertz CT molecular complexity index is 1020. The second kappa shape index (κ2) is 9.17. The molecule has 1 aliphatic carbocycles. The number of carbonyl (C=O) groups is 1. The molecule has 0 atom stereocenters. The summed E-state index contributed by atoms with van der Waals surface area (Å²) in [7, 11) is 1.65. The molecule has 4 rings (SSSR count). The molecule has 0 fully saturated rings. The number of fused-ring (bicyclic) bond motifs is 1. The zero-order valence-corrected chi connectivity index (χ0v) is 17.1. The predicted octanol–water partition coefficient (Wildman–Crippen LogP) is 3.57. The van der Waals surface area contributed by atoms with Gasteiger partial charge in [-0.25, -0.2) is 9.07 Å². The van der Waals surface area contributed by atoms with Gasteiger partial charge in [-0.3, -0.25) is 9.78 Å². The van der Waals surface area contributed by atoms with Crippen molar-refractivity contribution in [3.05, 3.63) is 77.1 Å². The molecule has 2 heterocycles. The molecule has 0 saturated heterocycles. The number of amides is 1. The Morgan fingerprint density at radius 3 is 2.77 bits per heavy atom. The summed E-state index contributed by atoms with van der Waals surface area (Å²) in [6.45, 7) is 1.59. The van der Waals surface area contributed by atoms with Crippen molar-refractivity contribution in [1.82, 2.24) is 19.7 Å². The highest BCUT2D eigenvalue weighted by molar-refractivity contribution is 5.94. The summed E-state index contributed by atoms with van der Waals surface area (Å²) in [5, 5.41) is 4.60. The van der Waals surface area contributed by atoms with Crippen molar-refractivity contribution in [2.24, 2.45) is 0 Å². The maximum absolute atomic E-state index is 14.4. The number of halogens is 1. The van der Waals surface area contributed by atoms with Gasteiger partial charge < -0.3 is 9.64 Å². The second-order valence-electron chi connectivity index (χ2n) is 7.42. The topological polar surface area (TPSA) is 60.2 Å². The quantitative estimate of drug-likeness (QED) is 0.535. The van der Waals surface area contributed by atoms with Gasteiger partial charge in [0.2, 0.25) is 0 Å². The molecule has 1 aromatic carbocycles. The molecule has 0 spiro atoms. The molecule has 0 radical (unpaired) electrons. The lowest BCUT2D eigenvalue weighted by Crippen LogP contribution is -2.33. The average Bonchev–Trinajstić information content (AvgIpc) is 3.37. The van der Waals surface area contributed by atoms with Gasteiger partial charge in [-0.05, 0) is 55.5 Å². The summed E-state index contributed by atoms with van der Waals surface area (Å²) >= 11 is 0. The highest BCUT2D eigenvalue weighted by Gasteiger charge is 2.30. The molecule has 0 N–H and O–H groups in total. The molecule has 156 valence electrons. The molecule has 1 amide bonds. The van der Waals surface area contributed by atoms with Crippen molar-refractivity contribution < 1.29 is 13.9 Å². The lowest BCUT2D eigenvalue weighted by molar-refractivity contribution is 0.0716. The number of rotatable bonds is 8. The zero-order chi connectivity index (χ0) is 20.9. The van der Waals surface area contributed by atoms with E-state index in [1.165, 1.54) is 6.07 Å². The molecule has 30 heavy (non-hydrogen) atoms. The highest BCUT2D eigenvalue weighted by atomic mass is 19.1. The largest absolute Gasteiger partial charge is 0.385 e. The normalized spacial score (nSPS) is 12.7. The number of nitrogens with zero attached hydrogens (tertiary/aromatic N) is 4. The highest BCUT2D eigenvalue weighted by Crippen LogP contribution is 2.29. The summed E-state index contributed by atoms with van der Waals surface area (Å²) in [6.07, 6.45) is 6.68. The van der Waals surface area contributed by atoms with Crippen LogP contribution in [0.5, 0.6) is 0 Å². The van der Waals surface area contributed by atoms with Crippen LogP contribution in [0.2, 0.25) is 0 Å². The summed E-state index contributed by atoms with van der Waals surface area (Å²) in [5.74, 6) is -0.474. The molecule has 0 unspecified atom stereocenters. The lowest BCUT2D eigenvalue weighted by Gasteiger charge is -2.22. The minimum absolute atomic E-state index is 0.129. The minimum atomic E-state index is -0.345. The zero-order valence-electron chi connectivity index (χ0n) is 17.1. The Balaban J connectivity index is 1.67. The number of aromatic nitrogens is 3. The molecule has 6 nitrogen and oxygen atoms in total. The van der Waals surface area contributed by atoms with Crippen molar-refractivity contribution in [1.29, 1.82) is 0 Å². The first-order valence-corrected chi connectivity index (χ1v) is 10.2. The van der Waals surface area contributed by atoms with Crippen LogP contribution in [0.4, 0.5) is 4.39 Å². The van der Waals surface area contributed by atoms with Crippen LogP contribution >= 0.6 is 0 Å². The van der Waals surface area contributed by atoms with Gasteiger partial charge >= 0.3 is 0 Å². The minimum Gasteiger partial charge on any atom is -0.385 e. The Morgan fingerprint density at radius 1 is 1.20 bits per heavy atom. The van der Waals surface area contributed by atoms with E-state index >= 15 is 0 Å². The van der Waals surface area contributed by atoms with Gasteiger partial charge in [-0.1, -0.05) is 12.1 Å². The molecule has 0 saturated carbocycles. The maximum Gasteiger partial charge on any atom is 0.274 e. The number of hydrogen-bond acceptors (Lipinski definition) is 4. The smallest absolute Gasteiger partial charge is 0.274 e. The van der Waals surface area contributed by atoms with Crippen LogP contribution in [-0.4, -0.2) is 45.8 Å². The van der Waals surface area contributed by atoms with E-state index in [2.05, 4.69) is 10.1 Å². The summed E-state index contributed by atoms with van der Waals surface area (Å²) in [5.41, 5.74) is 3.69. The van der Waals surface area contributed by atoms with E-state index in [1.807, 2.05) is 12.1 Å². The Hall–Kier alpha value is -3.06. The van der Waals surface area contributed by atoms with E-state index in [0.717, 1.165) is 42.5 Å². The van der Waals surface area contributed by atoms with E-state index in [1.54, 1.807) is 47.3 Å². The van der Waals surface area contributed by atoms with Gasteiger partial charge in [-0.15, -0.1) is 0 Å². The molecule has 3 aromatic rings. The Kier molecular flexibility index (Phi) is 6.18. The monoisotopic (exact) mass is 408 g/mol. The lowest BCUT2D eigenvalue weighted by atomic mass is 10.1. The number of ether oxygens (including phenoxy) is 1. The van der Waals surface area contributed by atoms with Crippen molar-refractivity contribution >= 4 is 5.91 Å². The first-order valence-electron chi connectivity index (χ1n) is 10.2. The number of methoxy groups -OCH3 is 1. The maximum atomic E-state index is 14.4. The first-order chi connectivity index (χ1) is 14.7. The van der Waals surface area contributed by atoms with Crippen molar-refractivity contribution in [3.63, 3.8) is 0 Å². The molecular formula is C23H25FN4O2. The van der Waals surface area contributed by atoms with Gasteiger partial charge in [0.15, 0.2) is 5.69 Å². The van der Waals surface area contributed by atoms with Crippen LogP contribution < -0.4 is 0 Å². The number of benzene rings is 1. The Morgan fingerprint density at radius 2 is 2.00 bits per heavy atom. The fourth-order valence-electron chi connectivity index (χ4n) is 3.94. The van der Waals surface area contributed by atoms with Crippen molar-refractivity contribution in [2.45, 2.75) is 32.2 Å². The first kappa shape index (κ1) is 20.2. The van der Waals surface area contributed by atoms with Gasteiger partial charge in [0.05, 0.1) is 0 Å². The van der Waals surface area contributed by atoms with Crippen LogP contribution in [0.25, 0.3) is 5.69 Å². The third kappa shape index (κ3) is 4.11. The molecule has 2 aromatic heterocycles. The predicted molar refractivity (Wildman–Crippen MR) is 111 cm³/mol. The average molecular weight is 408 g/mol. The van der Waals surface area contributed by atoms with Crippen LogP contribution in [0, 0.1) is 5.82 Å². The Labute approximate surface area is 175 Å². The third-order valence-corrected chi connectivity index (χ3v) is 5.40. The summed E-state index contributed by atoms with van der Waals surface area (Å²) in [6, 6.07) is 10.4. The number of pyridine rings is 1. The molecule has 0 aliphatic heterocycles. The third-order valence-electron chi connectivity index (χ3n) is 5.40. The van der Waals surface area contributed by atoms with E-state index < -0.39 is 0 Å². The van der Waals surface area contributed by atoms with E-state index in [0.29, 0.717) is 31.1 Å². The van der Waals surface area contributed by atoms with Gasteiger partial charge in [0, 0.05) is 50.5 Å². The van der Waals surface area contributed by atoms with E-state index in [4.69, 9.17) is 4.74 Å². The van der Waals surface area contributed by atoms with Crippen molar-refractivity contribution in [2.75, 3.05) is 20.3 Å². The van der Waals surface area contributed by atoms with Gasteiger partial charge in [0.1, 0.15) is 11.5 Å². The van der Waals surface area contributed by atoms with E-state index in [9.17, 15) is 9.18 Å². The summed E-state index contributed by atoms with van der Waals surface area (Å²) in [4.78, 5) is 19.4. The van der Waals surface area contributed by atoms with Gasteiger partial charge in [0.25, 0.3) is 5.91 Å². The SMILES string of the molecule is COCCCN(Cc1ccncc1)C(=O)c1nn(-c2ccccc2F)c2c1CCC2. The van der Waals surface area contributed by atoms with Crippen molar-refractivity contribution in [3.8, 4) is 5.69 Å². The fourth-order valence-corrected chi connectivity index (χ4v) is 3.94.